The van der Waals surface area contributed by atoms with Gasteiger partial charge in [-0.25, -0.2) is 14.1 Å². The fraction of sp³-hybridized carbons (Fsp3) is 0. The Hall–Kier alpha value is -2.87. The van der Waals surface area contributed by atoms with E-state index < -0.39 is 11.9 Å². The zero-order chi connectivity index (χ0) is 13.8. The third kappa shape index (κ3) is 2.53. The second-order valence-electron chi connectivity index (χ2n) is 3.73. The van der Waals surface area contributed by atoms with Crippen molar-refractivity contribution in [2.24, 2.45) is 0 Å². The third-order valence-corrected chi connectivity index (χ3v) is 2.54. The van der Waals surface area contributed by atoms with Crippen LogP contribution in [0.5, 0.6) is 0 Å². The number of carboxylic acid groups (broad SMARTS) is 1. The van der Waals surface area contributed by atoms with Crippen LogP contribution < -0.4 is 4.90 Å². The van der Waals surface area contributed by atoms with Crippen LogP contribution in [0.4, 0.5) is 20.6 Å². The first-order valence-corrected chi connectivity index (χ1v) is 5.41. The van der Waals surface area contributed by atoms with Gasteiger partial charge in [0.05, 0.1) is 16.9 Å². The zero-order valence-corrected chi connectivity index (χ0v) is 9.75. The molecule has 0 aliphatic rings. The van der Waals surface area contributed by atoms with E-state index in [-0.39, 0.29) is 11.3 Å². The van der Waals surface area contributed by atoms with Crippen LogP contribution >= 0.6 is 0 Å². The van der Waals surface area contributed by atoms with E-state index in [1.807, 2.05) is 0 Å². The SMILES string of the molecule is N#Cc1ccc(N(C(=O)O)c2ccccc2)cc1F. The van der Waals surface area contributed by atoms with Crippen molar-refractivity contribution >= 4 is 17.5 Å². The Morgan fingerprint density at radius 3 is 2.37 bits per heavy atom. The van der Waals surface area contributed by atoms with Gasteiger partial charge in [0.25, 0.3) is 0 Å². The summed E-state index contributed by atoms with van der Waals surface area (Å²) in [5, 5.41) is 17.9. The maximum absolute atomic E-state index is 13.5. The van der Waals surface area contributed by atoms with Crippen LogP contribution in [0, 0.1) is 17.1 Å². The standard InChI is InChI=1S/C14H9FN2O2/c15-13-8-12(7-6-10(13)9-16)17(14(18)19)11-4-2-1-3-5-11/h1-8H,(H,18,19). The van der Waals surface area contributed by atoms with Crippen LogP contribution in [0.3, 0.4) is 0 Å². The van der Waals surface area contributed by atoms with E-state index >= 15 is 0 Å². The largest absolute Gasteiger partial charge is 0.464 e. The van der Waals surface area contributed by atoms with Gasteiger partial charge in [-0.1, -0.05) is 18.2 Å². The molecule has 0 radical (unpaired) electrons. The Bertz CT molecular complexity index is 650. The third-order valence-electron chi connectivity index (χ3n) is 2.54. The van der Waals surface area contributed by atoms with Gasteiger partial charge >= 0.3 is 6.09 Å². The predicted octanol–water partition coefficient (Wildman–Crippen LogP) is 3.51. The van der Waals surface area contributed by atoms with Crippen molar-refractivity contribution in [3.63, 3.8) is 0 Å². The molecule has 0 heterocycles. The fourth-order valence-electron chi connectivity index (χ4n) is 1.68. The molecule has 0 aromatic heterocycles. The molecule has 1 amide bonds. The molecule has 0 saturated carbocycles. The first-order valence-electron chi connectivity index (χ1n) is 5.41. The average molecular weight is 256 g/mol. The van der Waals surface area contributed by atoms with E-state index in [0.717, 1.165) is 11.0 Å². The summed E-state index contributed by atoms with van der Waals surface area (Å²) in [6.07, 6.45) is -1.23. The van der Waals surface area contributed by atoms with Crippen molar-refractivity contribution in [1.82, 2.24) is 0 Å². The highest BCUT2D eigenvalue weighted by Gasteiger charge is 2.17. The highest BCUT2D eigenvalue weighted by molar-refractivity contribution is 5.94. The van der Waals surface area contributed by atoms with Gasteiger partial charge in [0, 0.05) is 0 Å². The monoisotopic (exact) mass is 256 g/mol. The van der Waals surface area contributed by atoms with E-state index in [4.69, 9.17) is 5.26 Å². The summed E-state index contributed by atoms with van der Waals surface area (Å²) >= 11 is 0. The molecule has 0 fully saturated rings. The molecular weight excluding hydrogens is 247 g/mol. The Kier molecular flexibility index (Phi) is 3.44. The number of amides is 1. The Morgan fingerprint density at radius 1 is 1.16 bits per heavy atom. The summed E-state index contributed by atoms with van der Waals surface area (Å²) in [7, 11) is 0. The van der Waals surface area contributed by atoms with E-state index in [0.29, 0.717) is 5.69 Å². The van der Waals surface area contributed by atoms with Gasteiger partial charge in [-0.3, -0.25) is 0 Å². The molecule has 0 bridgehead atoms. The topological polar surface area (TPSA) is 64.3 Å². The maximum Gasteiger partial charge on any atom is 0.416 e. The van der Waals surface area contributed by atoms with Gasteiger partial charge in [0.15, 0.2) is 0 Å². The van der Waals surface area contributed by atoms with Gasteiger partial charge < -0.3 is 5.11 Å². The zero-order valence-electron chi connectivity index (χ0n) is 9.75. The molecule has 0 saturated heterocycles. The van der Waals surface area contributed by atoms with Crippen molar-refractivity contribution in [3.05, 3.63) is 59.9 Å². The number of rotatable bonds is 2. The second kappa shape index (κ2) is 5.19. The van der Waals surface area contributed by atoms with Gasteiger partial charge in [-0.05, 0) is 30.3 Å². The molecule has 0 aliphatic carbocycles. The lowest BCUT2D eigenvalue weighted by molar-refractivity contribution is 0.205. The molecule has 1 N–H and O–H groups in total. The molecular formula is C14H9FN2O2. The summed E-state index contributed by atoms with van der Waals surface area (Å²) in [5.41, 5.74) is 0.427. The minimum absolute atomic E-state index is 0.123. The number of nitrogens with zero attached hydrogens (tertiary/aromatic N) is 2. The minimum Gasteiger partial charge on any atom is -0.464 e. The quantitative estimate of drug-likeness (QED) is 0.894. The summed E-state index contributed by atoms with van der Waals surface area (Å²) in [6, 6.07) is 13.7. The Labute approximate surface area is 108 Å². The van der Waals surface area contributed by atoms with E-state index in [2.05, 4.69) is 0 Å². The molecule has 2 rings (SSSR count). The fourth-order valence-corrected chi connectivity index (χ4v) is 1.68. The molecule has 0 spiro atoms. The van der Waals surface area contributed by atoms with E-state index in [9.17, 15) is 14.3 Å². The Morgan fingerprint density at radius 2 is 1.84 bits per heavy atom. The van der Waals surface area contributed by atoms with Crippen LogP contribution in [0.15, 0.2) is 48.5 Å². The minimum atomic E-state index is -1.23. The summed E-state index contributed by atoms with van der Waals surface area (Å²) in [5.74, 6) is -0.748. The van der Waals surface area contributed by atoms with Crippen LogP contribution in [-0.2, 0) is 0 Å². The molecule has 2 aromatic carbocycles. The lowest BCUT2D eigenvalue weighted by atomic mass is 10.2. The van der Waals surface area contributed by atoms with Gasteiger partial charge in [-0.15, -0.1) is 0 Å². The van der Waals surface area contributed by atoms with Crippen molar-refractivity contribution in [3.8, 4) is 6.07 Å². The molecule has 19 heavy (non-hydrogen) atoms. The number of halogens is 1. The van der Waals surface area contributed by atoms with E-state index in [1.165, 1.54) is 12.1 Å². The number of carbonyl (C=O) groups is 1. The number of nitriles is 1. The van der Waals surface area contributed by atoms with Gasteiger partial charge in [0.1, 0.15) is 11.9 Å². The number of anilines is 2. The highest BCUT2D eigenvalue weighted by atomic mass is 19.1. The van der Waals surface area contributed by atoms with Crippen molar-refractivity contribution in [2.75, 3.05) is 4.90 Å². The first-order chi connectivity index (χ1) is 9.13. The normalized spacial score (nSPS) is 9.68. The summed E-state index contributed by atoms with van der Waals surface area (Å²) in [4.78, 5) is 12.3. The van der Waals surface area contributed by atoms with Crippen LogP contribution in [0.2, 0.25) is 0 Å². The number of hydrogen-bond acceptors (Lipinski definition) is 2. The molecule has 4 nitrogen and oxygen atoms in total. The van der Waals surface area contributed by atoms with E-state index in [1.54, 1.807) is 36.4 Å². The van der Waals surface area contributed by atoms with Gasteiger partial charge in [0.2, 0.25) is 0 Å². The Balaban J connectivity index is 2.50. The van der Waals surface area contributed by atoms with Crippen LogP contribution in [0.25, 0.3) is 0 Å². The predicted molar refractivity (Wildman–Crippen MR) is 67.7 cm³/mol. The molecule has 2 aromatic rings. The van der Waals surface area contributed by atoms with Gasteiger partial charge in [-0.2, -0.15) is 5.26 Å². The number of benzene rings is 2. The number of hydrogen-bond donors (Lipinski definition) is 1. The number of para-hydroxylation sites is 1. The molecule has 0 aliphatic heterocycles. The van der Waals surface area contributed by atoms with Crippen molar-refractivity contribution < 1.29 is 14.3 Å². The smallest absolute Gasteiger partial charge is 0.416 e. The van der Waals surface area contributed by atoms with Crippen molar-refractivity contribution in [1.29, 1.82) is 5.26 Å². The highest BCUT2D eigenvalue weighted by Crippen LogP contribution is 2.26. The second-order valence-corrected chi connectivity index (χ2v) is 3.73. The summed E-state index contributed by atoms with van der Waals surface area (Å²) in [6.45, 7) is 0. The maximum atomic E-state index is 13.5. The van der Waals surface area contributed by atoms with Crippen molar-refractivity contribution in [2.45, 2.75) is 0 Å². The summed E-state index contributed by atoms with van der Waals surface area (Å²) < 4.78 is 13.5. The van der Waals surface area contributed by atoms with Crippen LogP contribution in [0.1, 0.15) is 5.56 Å². The lowest BCUT2D eigenvalue weighted by Gasteiger charge is -2.19. The lowest BCUT2D eigenvalue weighted by Crippen LogP contribution is -2.23. The average Bonchev–Trinajstić information content (AvgIpc) is 2.40. The van der Waals surface area contributed by atoms with Crippen LogP contribution in [-0.4, -0.2) is 11.2 Å². The molecule has 0 atom stereocenters. The molecule has 94 valence electrons. The molecule has 0 unspecified atom stereocenters. The molecule has 5 heteroatoms. The first kappa shape index (κ1) is 12.6.